The van der Waals surface area contributed by atoms with Crippen LogP contribution in [0.3, 0.4) is 0 Å². The van der Waals surface area contributed by atoms with E-state index in [9.17, 15) is 0 Å². The summed E-state index contributed by atoms with van der Waals surface area (Å²) in [6.45, 7) is 0. The molecule has 0 aliphatic heterocycles. The van der Waals surface area contributed by atoms with E-state index in [4.69, 9.17) is 11.5 Å². The summed E-state index contributed by atoms with van der Waals surface area (Å²) >= 11 is 5.58. The second-order valence-electron chi connectivity index (χ2n) is 6.79. The van der Waals surface area contributed by atoms with Crippen LogP contribution in [0.4, 0.5) is 11.4 Å². The van der Waals surface area contributed by atoms with Gasteiger partial charge in [0.25, 0.3) is 0 Å². The number of thiophene rings is 3. The van der Waals surface area contributed by atoms with Gasteiger partial charge in [-0.05, 0) is 59.7 Å². The first-order valence-electron chi connectivity index (χ1n) is 9.17. The van der Waals surface area contributed by atoms with Gasteiger partial charge in [-0.25, -0.2) is 0 Å². The van der Waals surface area contributed by atoms with Crippen LogP contribution >= 0.6 is 34.0 Å². The SMILES string of the molecule is Nc1ccc(/C=C/c2cc3sc4cc(/C=C/c5ccc(N)cc5)sc4c3s2)cc1. The summed E-state index contributed by atoms with van der Waals surface area (Å²) in [6.07, 6.45) is 8.65. The molecule has 5 aromatic rings. The summed E-state index contributed by atoms with van der Waals surface area (Å²) in [5.41, 5.74) is 15.4. The third-order valence-electron chi connectivity index (χ3n) is 4.61. The summed E-state index contributed by atoms with van der Waals surface area (Å²) in [5.74, 6) is 0. The van der Waals surface area contributed by atoms with E-state index in [1.54, 1.807) is 0 Å². The highest BCUT2D eigenvalue weighted by atomic mass is 32.1. The van der Waals surface area contributed by atoms with Gasteiger partial charge in [-0.15, -0.1) is 34.0 Å². The Morgan fingerprint density at radius 1 is 0.517 bits per heavy atom. The van der Waals surface area contributed by atoms with Gasteiger partial charge >= 0.3 is 0 Å². The van der Waals surface area contributed by atoms with Gasteiger partial charge in [0, 0.05) is 30.5 Å². The molecule has 29 heavy (non-hydrogen) atoms. The van der Waals surface area contributed by atoms with E-state index < -0.39 is 0 Å². The minimum atomic E-state index is 0.792. The van der Waals surface area contributed by atoms with Crippen molar-refractivity contribution < 1.29 is 0 Å². The number of hydrogen-bond acceptors (Lipinski definition) is 5. The zero-order valence-corrected chi connectivity index (χ0v) is 17.9. The Balaban J connectivity index is 1.41. The lowest BCUT2D eigenvalue weighted by Crippen LogP contribution is -1.82. The van der Waals surface area contributed by atoms with Crippen LogP contribution in [0.5, 0.6) is 0 Å². The normalized spacial score (nSPS) is 12.1. The average molecular weight is 431 g/mol. The number of anilines is 2. The predicted molar refractivity (Wildman–Crippen MR) is 135 cm³/mol. The largest absolute Gasteiger partial charge is 0.399 e. The molecule has 0 bridgehead atoms. The summed E-state index contributed by atoms with van der Waals surface area (Å²) in [7, 11) is 0. The number of fused-ring (bicyclic) bond motifs is 3. The van der Waals surface area contributed by atoms with Crippen LogP contribution in [-0.4, -0.2) is 0 Å². The monoisotopic (exact) mass is 430 g/mol. The van der Waals surface area contributed by atoms with Crippen LogP contribution in [0.15, 0.2) is 60.7 Å². The Kier molecular flexibility index (Phi) is 4.72. The number of benzene rings is 2. The minimum Gasteiger partial charge on any atom is -0.399 e. The van der Waals surface area contributed by atoms with Gasteiger partial charge in [0.05, 0.1) is 9.40 Å². The first-order valence-corrected chi connectivity index (χ1v) is 11.6. The molecule has 0 unspecified atom stereocenters. The highest BCUT2D eigenvalue weighted by Gasteiger charge is 2.11. The summed E-state index contributed by atoms with van der Waals surface area (Å²) in [5, 5.41) is 0. The van der Waals surface area contributed by atoms with Crippen molar-refractivity contribution in [3.05, 3.63) is 81.5 Å². The van der Waals surface area contributed by atoms with E-state index in [1.807, 2.05) is 82.5 Å². The number of hydrogen-bond donors (Lipinski definition) is 2. The van der Waals surface area contributed by atoms with Crippen molar-refractivity contribution in [3.63, 3.8) is 0 Å². The molecule has 0 atom stereocenters. The molecule has 2 nitrogen and oxygen atoms in total. The quantitative estimate of drug-likeness (QED) is 0.287. The molecule has 2 aromatic carbocycles. The lowest BCUT2D eigenvalue weighted by molar-refractivity contribution is 1.65. The Morgan fingerprint density at radius 3 is 1.34 bits per heavy atom. The second-order valence-corrected chi connectivity index (χ2v) is 10.0. The fraction of sp³-hybridized carbons (Fsp3) is 0. The van der Waals surface area contributed by atoms with E-state index in [1.165, 1.54) is 28.6 Å². The van der Waals surface area contributed by atoms with E-state index >= 15 is 0 Å². The van der Waals surface area contributed by atoms with E-state index in [0.29, 0.717) is 0 Å². The second kappa shape index (κ2) is 7.52. The maximum absolute atomic E-state index is 5.76. The van der Waals surface area contributed by atoms with Crippen molar-refractivity contribution in [3.8, 4) is 0 Å². The van der Waals surface area contributed by atoms with Crippen molar-refractivity contribution in [2.24, 2.45) is 0 Å². The zero-order chi connectivity index (χ0) is 19.8. The lowest BCUT2D eigenvalue weighted by atomic mass is 10.2. The van der Waals surface area contributed by atoms with Crippen molar-refractivity contribution in [1.82, 2.24) is 0 Å². The van der Waals surface area contributed by atoms with Gasteiger partial charge in [0.1, 0.15) is 0 Å². The van der Waals surface area contributed by atoms with Crippen molar-refractivity contribution >= 4 is 88.5 Å². The Labute approximate surface area is 181 Å². The molecule has 142 valence electrons. The minimum absolute atomic E-state index is 0.792. The molecular weight excluding hydrogens is 412 g/mol. The van der Waals surface area contributed by atoms with Gasteiger partial charge in [0.15, 0.2) is 0 Å². The molecule has 5 heteroatoms. The highest BCUT2D eigenvalue weighted by molar-refractivity contribution is 7.38. The molecule has 4 N–H and O–H groups in total. The van der Waals surface area contributed by atoms with Gasteiger partial charge in [-0.3, -0.25) is 0 Å². The van der Waals surface area contributed by atoms with Crippen LogP contribution in [0.2, 0.25) is 0 Å². The maximum atomic E-state index is 5.76. The molecule has 0 spiro atoms. The van der Waals surface area contributed by atoms with E-state index in [0.717, 1.165) is 22.5 Å². The molecule has 3 heterocycles. The van der Waals surface area contributed by atoms with E-state index in [2.05, 4.69) is 36.4 Å². The first-order chi connectivity index (χ1) is 14.1. The molecular formula is C24H18N2S3. The lowest BCUT2D eigenvalue weighted by Gasteiger charge is -1.94. The van der Waals surface area contributed by atoms with Crippen LogP contribution in [0, 0.1) is 0 Å². The fourth-order valence-corrected chi connectivity index (χ4v) is 6.95. The number of nitrogens with two attached hydrogens (primary N) is 2. The van der Waals surface area contributed by atoms with Crippen molar-refractivity contribution in [1.29, 1.82) is 0 Å². The van der Waals surface area contributed by atoms with Gasteiger partial charge < -0.3 is 11.5 Å². The molecule has 5 rings (SSSR count). The Hall–Kier alpha value is -2.86. The molecule has 0 saturated heterocycles. The van der Waals surface area contributed by atoms with Crippen LogP contribution in [0.25, 0.3) is 43.1 Å². The smallest absolute Gasteiger partial charge is 0.0635 e. The number of rotatable bonds is 4. The summed E-state index contributed by atoms with van der Waals surface area (Å²) in [6, 6.07) is 20.5. The molecule has 0 radical (unpaired) electrons. The standard InChI is InChI=1S/C24H18N2S3/c25-17-7-1-15(2-8-17)5-11-19-13-21-23(27-19)24-22(29-21)14-20(28-24)12-6-16-3-9-18(26)10-4-16/h1-14H,25-26H2/b11-5+,12-6+. The van der Waals surface area contributed by atoms with Crippen molar-refractivity contribution in [2.45, 2.75) is 0 Å². The van der Waals surface area contributed by atoms with Gasteiger partial charge in [-0.2, -0.15) is 0 Å². The van der Waals surface area contributed by atoms with Crippen LogP contribution in [-0.2, 0) is 0 Å². The molecule has 3 aromatic heterocycles. The van der Waals surface area contributed by atoms with Gasteiger partial charge in [0.2, 0.25) is 0 Å². The highest BCUT2D eigenvalue weighted by Crippen LogP contribution is 2.44. The third kappa shape index (κ3) is 3.85. The summed E-state index contributed by atoms with van der Waals surface area (Å²) < 4.78 is 5.50. The number of nitrogen functional groups attached to an aromatic ring is 2. The van der Waals surface area contributed by atoms with Crippen molar-refractivity contribution in [2.75, 3.05) is 11.5 Å². The summed E-state index contributed by atoms with van der Waals surface area (Å²) in [4.78, 5) is 2.55. The van der Waals surface area contributed by atoms with Crippen LogP contribution in [0.1, 0.15) is 20.9 Å². The third-order valence-corrected chi connectivity index (χ3v) is 8.32. The molecule has 0 aliphatic carbocycles. The first kappa shape index (κ1) is 18.2. The zero-order valence-electron chi connectivity index (χ0n) is 15.5. The topological polar surface area (TPSA) is 52.0 Å². The molecule has 0 fully saturated rings. The van der Waals surface area contributed by atoms with E-state index in [-0.39, 0.29) is 0 Å². The van der Waals surface area contributed by atoms with Crippen LogP contribution < -0.4 is 11.5 Å². The Morgan fingerprint density at radius 2 is 0.931 bits per heavy atom. The molecule has 0 aliphatic rings. The molecule has 0 saturated carbocycles. The van der Waals surface area contributed by atoms with Gasteiger partial charge in [-0.1, -0.05) is 36.4 Å². The maximum Gasteiger partial charge on any atom is 0.0635 e. The average Bonchev–Trinajstić information content (AvgIpc) is 3.37. The fourth-order valence-electron chi connectivity index (χ4n) is 3.11. The molecule has 0 amide bonds. The Bertz CT molecular complexity index is 1240. The predicted octanol–water partition coefficient (Wildman–Crippen LogP) is 7.68.